The van der Waals surface area contributed by atoms with Gasteiger partial charge in [0.2, 0.25) is 0 Å². The van der Waals surface area contributed by atoms with Crippen molar-refractivity contribution in [1.82, 2.24) is 5.32 Å². The summed E-state index contributed by atoms with van der Waals surface area (Å²) in [5.41, 5.74) is -0.265. The van der Waals surface area contributed by atoms with Gasteiger partial charge < -0.3 is 0 Å². The van der Waals surface area contributed by atoms with Crippen LogP contribution >= 0.6 is 11.8 Å². The standard InChI is InChI=1S/C13H24N2S/c1-10(2)15-13(9-14)7-5-6-12(8-13)16-11(3)4/h10-12,15H,5-8H2,1-4H3. The van der Waals surface area contributed by atoms with E-state index in [1.54, 1.807) is 0 Å². The summed E-state index contributed by atoms with van der Waals surface area (Å²) >= 11 is 2.03. The molecular formula is C13H24N2S. The molecule has 2 atom stereocenters. The minimum absolute atomic E-state index is 0.265. The molecule has 16 heavy (non-hydrogen) atoms. The van der Waals surface area contributed by atoms with Crippen molar-refractivity contribution in [2.45, 2.75) is 75.5 Å². The van der Waals surface area contributed by atoms with E-state index in [1.807, 2.05) is 11.8 Å². The van der Waals surface area contributed by atoms with Gasteiger partial charge in [-0.2, -0.15) is 17.0 Å². The van der Waals surface area contributed by atoms with Crippen molar-refractivity contribution in [3.63, 3.8) is 0 Å². The molecule has 1 N–H and O–H groups in total. The molecule has 1 rings (SSSR count). The fourth-order valence-electron chi connectivity index (χ4n) is 2.54. The number of rotatable bonds is 4. The maximum absolute atomic E-state index is 9.42. The highest BCUT2D eigenvalue weighted by Crippen LogP contribution is 2.36. The molecule has 0 radical (unpaired) electrons. The Labute approximate surface area is 104 Å². The van der Waals surface area contributed by atoms with Crippen LogP contribution in [0.1, 0.15) is 53.4 Å². The summed E-state index contributed by atoms with van der Waals surface area (Å²) in [6.07, 6.45) is 4.46. The molecule has 0 amide bonds. The zero-order valence-electron chi connectivity index (χ0n) is 10.9. The summed E-state index contributed by atoms with van der Waals surface area (Å²) in [5.74, 6) is 0. The van der Waals surface area contributed by atoms with E-state index in [4.69, 9.17) is 0 Å². The molecule has 0 aliphatic heterocycles. The van der Waals surface area contributed by atoms with Gasteiger partial charge in [0.1, 0.15) is 5.54 Å². The van der Waals surface area contributed by atoms with Crippen molar-refractivity contribution in [3.8, 4) is 6.07 Å². The summed E-state index contributed by atoms with van der Waals surface area (Å²) in [7, 11) is 0. The maximum atomic E-state index is 9.42. The van der Waals surface area contributed by atoms with Gasteiger partial charge in [0.25, 0.3) is 0 Å². The van der Waals surface area contributed by atoms with Gasteiger partial charge in [-0.25, -0.2) is 0 Å². The van der Waals surface area contributed by atoms with Gasteiger partial charge in [0.05, 0.1) is 6.07 Å². The molecule has 92 valence electrons. The first-order valence-corrected chi connectivity index (χ1v) is 7.26. The topological polar surface area (TPSA) is 35.8 Å². The lowest BCUT2D eigenvalue weighted by atomic mass is 9.82. The molecule has 0 heterocycles. The first-order chi connectivity index (χ1) is 7.47. The van der Waals surface area contributed by atoms with Gasteiger partial charge in [-0.3, -0.25) is 5.32 Å². The molecule has 2 unspecified atom stereocenters. The van der Waals surface area contributed by atoms with Crippen LogP contribution in [0.3, 0.4) is 0 Å². The van der Waals surface area contributed by atoms with Crippen molar-refractivity contribution < 1.29 is 0 Å². The van der Waals surface area contributed by atoms with Crippen LogP contribution in [0, 0.1) is 11.3 Å². The molecule has 0 aromatic carbocycles. The highest BCUT2D eigenvalue weighted by molar-refractivity contribution is 8.00. The second kappa shape index (κ2) is 5.93. The quantitative estimate of drug-likeness (QED) is 0.818. The molecule has 1 fully saturated rings. The van der Waals surface area contributed by atoms with E-state index in [-0.39, 0.29) is 5.54 Å². The van der Waals surface area contributed by atoms with Gasteiger partial charge >= 0.3 is 0 Å². The summed E-state index contributed by atoms with van der Waals surface area (Å²) < 4.78 is 0. The lowest BCUT2D eigenvalue weighted by Crippen LogP contribution is -2.51. The summed E-state index contributed by atoms with van der Waals surface area (Å²) in [4.78, 5) is 0. The number of nitrogens with one attached hydrogen (secondary N) is 1. The SMILES string of the molecule is CC(C)NC1(C#N)CCCC(SC(C)C)C1. The Bertz CT molecular complexity index is 257. The fourth-order valence-corrected chi connectivity index (χ4v) is 4.00. The van der Waals surface area contributed by atoms with E-state index in [2.05, 4.69) is 39.1 Å². The molecular weight excluding hydrogens is 216 g/mol. The molecule has 0 bridgehead atoms. The normalized spacial score (nSPS) is 30.7. The molecule has 3 heteroatoms. The Morgan fingerprint density at radius 2 is 2.06 bits per heavy atom. The molecule has 0 aromatic rings. The van der Waals surface area contributed by atoms with Gasteiger partial charge in [-0.1, -0.05) is 13.8 Å². The van der Waals surface area contributed by atoms with E-state index in [0.29, 0.717) is 16.5 Å². The van der Waals surface area contributed by atoms with Crippen LogP contribution in [0.4, 0.5) is 0 Å². The zero-order chi connectivity index (χ0) is 12.2. The first-order valence-electron chi connectivity index (χ1n) is 6.32. The van der Waals surface area contributed by atoms with Crippen LogP contribution < -0.4 is 5.32 Å². The number of hydrogen-bond acceptors (Lipinski definition) is 3. The number of thioether (sulfide) groups is 1. The highest BCUT2D eigenvalue weighted by atomic mass is 32.2. The molecule has 1 aliphatic carbocycles. The van der Waals surface area contributed by atoms with Crippen molar-refractivity contribution in [2.24, 2.45) is 0 Å². The van der Waals surface area contributed by atoms with Crippen LogP contribution in [0.25, 0.3) is 0 Å². The fraction of sp³-hybridized carbons (Fsp3) is 0.923. The lowest BCUT2D eigenvalue weighted by molar-refractivity contribution is 0.284. The third kappa shape index (κ3) is 3.99. The summed E-state index contributed by atoms with van der Waals surface area (Å²) in [5, 5.41) is 14.2. The van der Waals surface area contributed by atoms with Gasteiger partial charge in [0, 0.05) is 11.3 Å². The highest BCUT2D eigenvalue weighted by Gasteiger charge is 2.37. The lowest BCUT2D eigenvalue weighted by Gasteiger charge is -2.38. The predicted molar refractivity (Wildman–Crippen MR) is 71.6 cm³/mol. The van der Waals surface area contributed by atoms with Crippen molar-refractivity contribution >= 4 is 11.8 Å². The molecule has 0 saturated heterocycles. The van der Waals surface area contributed by atoms with Gasteiger partial charge in [-0.05, 0) is 44.8 Å². The molecule has 1 aliphatic rings. The first kappa shape index (κ1) is 13.9. The van der Waals surface area contributed by atoms with E-state index in [1.165, 1.54) is 12.8 Å². The van der Waals surface area contributed by atoms with E-state index in [0.717, 1.165) is 12.8 Å². The van der Waals surface area contributed by atoms with Crippen LogP contribution in [0.15, 0.2) is 0 Å². The van der Waals surface area contributed by atoms with Crippen LogP contribution in [0.2, 0.25) is 0 Å². The largest absolute Gasteiger partial charge is 0.297 e. The molecule has 1 saturated carbocycles. The van der Waals surface area contributed by atoms with Crippen molar-refractivity contribution in [1.29, 1.82) is 5.26 Å². The van der Waals surface area contributed by atoms with Crippen LogP contribution in [-0.2, 0) is 0 Å². The second-order valence-corrected chi connectivity index (χ2v) is 7.28. The zero-order valence-corrected chi connectivity index (χ0v) is 11.7. The Morgan fingerprint density at radius 3 is 2.56 bits per heavy atom. The van der Waals surface area contributed by atoms with E-state index >= 15 is 0 Å². The molecule has 2 nitrogen and oxygen atoms in total. The van der Waals surface area contributed by atoms with Crippen molar-refractivity contribution in [3.05, 3.63) is 0 Å². The van der Waals surface area contributed by atoms with E-state index in [9.17, 15) is 5.26 Å². The Kier molecular flexibility index (Phi) is 5.14. The summed E-state index contributed by atoms with van der Waals surface area (Å²) in [6, 6.07) is 2.92. The Morgan fingerprint density at radius 1 is 1.38 bits per heavy atom. The smallest absolute Gasteiger partial charge is 0.108 e. The van der Waals surface area contributed by atoms with E-state index < -0.39 is 0 Å². The Balaban J connectivity index is 2.62. The van der Waals surface area contributed by atoms with Gasteiger partial charge in [-0.15, -0.1) is 0 Å². The number of nitriles is 1. The Hall–Kier alpha value is -0.200. The minimum Gasteiger partial charge on any atom is -0.297 e. The number of nitrogens with zero attached hydrogens (tertiary/aromatic N) is 1. The predicted octanol–water partition coefficient (Wildman–Crippen LogP) is 3.33. The van der Waals surface area contributed by atoms with Gasteiger partial charge in [0.15, 0.2) is 0 Å². The second-order valence-electron chi connectivity index (χ2n) is 5.40. The average molecular weight is 240 g/mol. The monoisotopic (exact) mass is 240 g/mol. The maximum Gasteiger partial charge on any atom is 0.108 e. The summed E-state index contributed by atoms with van der Waals surface area (Å²) in [6.45, 7) is 8.73. The van der Waals surface area contributed by atoms with Crippen LogP contribution in [-0.4, -0.2) is 22.1 Å². The third-order valence-electron chi connectivity index (χ3n) is 2.95. The third-order valence-corrected chi connectivity index (χ3v) is 4.28. The molecule has 0 spiro atoms. The minimum atomic E-state index is -0.265. The van der Waals surface area contributed by atoms with Crippen LogP contribution in [0.5, 0.6) is 0 Å². The van der Waals surface area contributed by atoms with Crippen molar-refractivity contribution in [2.75, 3.05) is 0 Å². The number of hydrogen-bond donors (Lipinski definition) is 1. The molecule has 0 aromatic heterocycles. The average Bonchev–Trinajstić information content (AvgIpc) is 2.16.